The summed E-state index contributed by atoms with van der Waals surface area (Å²) in [5.41, 5.74) is 24.0. The zero-order valence-electron chi connectivity index (χ0n) is 31.8. The summed E-state index contributed by atoms with van der Waals surface area (Å²) in [6.07, 6.45) is 2.70. The van der Waals surface area contributed by atoms with E-state index < -0.39 is 5.41 Å². The molecule has 8 aromatic rings. The van der Waals surface area contributed by atoms with Crippen molar-refractivity contribution in [3.8, 4) is 22.3 Å². The van der Waals surface area contributed by atoms with Crippen LogP contribution in [0.3, 0.4) is 0 Å². The van der Waals surface area contributed by atoms with Gasteiger partial charge in [0, 0.05) is 16.7 Å². The van der Waals surface area contributed by atoms with E-state index in [4.69, 9.17) is 5.73 Å². The SMILES string of the molecule is CC1(C)c2cc3ccccc3cc2-c2c(/C(=C/Cc3ccc4c(c3)C(c3ccccc3)(c3ccccc3)c3ccccc3-4)NC(N)c3ccccc3)cccc21. The number of fused-ring (bicyclic) bond motifs is 7. The summed E-state index contributed by atoms with van der Waals surface area (Å²) in [4.78, 5) is 0. The van der Waals surface area contributed by atoms with E-state index >= 15 is 0 Å². The molecule has 1 atom stereocenters. The number of hydrogen-bond donors (Lipinski definition) is 2. The first-order valence-electron chi connectivity index (χ1n) is 19.7. The predicted octanol–water partition coefficient (Wildman–Crippen LogP) is 12.3. The average molecular weight is 721 g/mol. The summed E-state index contributed by atoms with van der Waals surface area (Å²) in [7, 11) is 0. The number of benzene rings is 8. The second-order valence-electron chi connectivity index (χ2n) is 15.9. The summed E-state index contributed by atoms with van der Waals surface area (Å²) < 4.78 is 0. The molecule has 270 valence electrons. The molecule has 2 heteroatoms. The van der Waals surface area contributed by atoms with Gasteiger partial charge < -0.3 is 11.1 Å². The van der Waals surface area contributed by atoms with Gasteiger partial charge in [-0.25, -0.2) is 0 Å². The fourth-order valence-electron chi connectivity index (χ4n) is 9.69. The molecule has 3 N–H and O–H groups in total. The molecular formula is C54H44N2. The molecule has 0 saturated heterocycles. The minimum atomic E-state index is -0.441. The van der Waals surface area contributed by atoms with E-state index in [1.165, 1.54) is 77.5 Å². The quantitative estimate of drug-likeness (QED) is 0.153. The van der Waals surface area contributed by atoms with Crippen molar-refractivity contribution in [1.82, 2.24) is 5.32 Å². The molecule has 0 heterocycles. The van der Waals surface area contributed by atoms with E-state index in [0.717, 1.165) is 17.7 Å². The van der Waals surface area contributed by atoms with Crippen molar-refractivity contribution in [2.45, 2.75) is 37.3 Å². The number of hydrogen-bond acceptors (Lipinski definition) is 2. The minimum absolute atomic E-state index is 0.148. The van der Waals surface area contributed by atoms with Crippen LogP contribution in [0.25, 0.3) is 38.7 Å². The summed E-state index contributed by atoms with van der Waals surface area (Å²) in [6.45, 7) is 4.72. The first-order valence-corrected chi connectivity index (χ1v) is 19.7. The zero-order chi connectivity index (χ0) is 37.9. The maximum Gasteiger partial charge on any atom is 0.101 e. The largest absolute Gasteiger partial charge is 0.366 e. The normalized spacial score (nSPS) is 15.1. The van der Waals surface area contributed by atoms with Gasteiger partial charge in [-0.2, -0.15) is 0 Å². The molecule has 2 aliphatic rings. The Kier molecular flexibility index (Phi) is 8.13. The summed E-state index contributed by atoms with van der Waals surface area (Å²) in [5, 5.41) is 6.34. The van der Waals surface area contributed by atoms with Crippen LogP contribution in [0.1, 0.15) is 70.1 Å². The van der Waals surface area contributed by atoms with Gasteiger partial charge in [0.15, 0.2) is 0 Å². The van der Waals surface area contributed by atoms with Gasteiger partial charge in [0.25, 0.3) is 0 Å². The summed E-state index contributed by atoms with van der Waals surface area (Å²) in [5.74, 6) is 0. The Morgan fingerprint density at radius 3 is 1.84 bits per heavy atom. The Labute approximate surface area is 330 Å². The van der Waals surface area contributed by atoms with Gasteiger partial charge in [0.05, 0.1) is 5.41 Å². The lowest BCUT2D eigenvalue weighted by atomic mass is 9.67. The average Bonchev–Trinajstić information content (AvgIpc) is 3.67. The van der Waals surface area contributed by atoms with Gasteiger partial charge in [-0.15, -0.1) is 0 Å². The molecule has 0 bridgehead atoms. The molecule has 2 nitrogen and oxygen atoms in total. The molecule has 0 radical (unpaired) electrons. The van der Waals surface area contributed by atoms with E-state index in [1.54, 1.807) is 0 Å². The van der Waals surface area contributed by atoms with Gasteiger partial charge >= 0.3 is 0 Å². The number of nitrogens with one attached hydrogen (secondary N) is 1. The van der Waals surface area contributed by atoms with Crippen molar-refractivity contribution in [1.29, 1.82) is 0 Å². The smallest absolute Gasteiger partial charge is 0.101 e. The molecule has 0 amide bonds. The highest BCUT2D eigenvalue weighted by atomic mass is 15.0. The Morgan fingerprint density at radius 1 is 0.536 bits per heavy atom. The van der Waals surface area contributed by atoms with Crippen molar-refractivity contribution < 1.29 is 0 Å². The van der Waals surface area contributed by atoms with Crippen LogP contribution in [-0.2, 0) is 17.3 Å². The highest BCUT2D eigenvalue weighted by molar-refractivity contribution is 5.97. The van der Waals surface area contributed by atoms with Gasteiger partial charge in [-0.3, -0.25) is 0 Å². The molecule has 1 unspecified atom stereocenters. The van der Waals surface area contributed by atoms with Crippen molar-refractivity contribution in [2.75, 3.05) is 0 Å². The topological polar surface area (TPSA) is 38.0 Å². The second-order valence-corrected chi connectivity index (χ2v) is 15.9. The predicted molar refractivity (Wildman–Crippen MR) is 233 cm³/mol. The third-order valence-electron chi connectivity index (χ3n) is 12.4. The molecule has 0 spiro atoms. The van der Waals surface area contributed by atoms with Gasteiger partial charge in [-0.1, -0.05) is 196 Å². The molecule has 56 heavy (non-hydrogen) atoms. The van der Waals surface area contributed by atoms with Crippen LogP contribution < -0.4 is 11.1 Å². The second kappa shape index (κ2) is 13.4. The van der Waals surface area contributed by atoms with Crippen LogP contribution in [0.5, 0.6) is 0 Å². The summed E-state index contributed by atoms with van der Waals surface area (Å²) in [6, 6.07) is 68.8. The first-order chi connectivity index (χ1) is 27.4. The Hall–Kier alpha value is -6.48. The van der Waals surface area contributed by atoms with Crippen LogP contribution in [0.4, 0.5) is 0 Å². The third kappa shape index (κ3) is 5.28. The molecule has 0 saturated carbocycles. The van der Waals surface area contributed by atoms with Crippen LogP contribution in [0.2, 0.25) is 0 Å². The minimum Gasteiger partial charge on any atom is -0.366 e. The fourth-order valence-corrected chi connectivity index (χ4v) is 9.69. The number of nitrogens with two attached hydrogens (primary N) is 1. The Bertz CT molecular complexity index is 2740. The van der Waals surface area contributed by atoms with E-state index in [-0.39, 0.29) is 11.6 Å². The molecule has 0 aliphatic heterocycles. The van der Waals surface area contributed by atoms with Crippen LogP contribution >= 0.6 is 0 Å². The van der Waals surface area contributed by atoms with Crippen LogP contribution in [0.15, 0.2) is 194 Å². The third-order valence-corrected chi connectivity index (χ3v) is 12.4. The zero-order valence-corrected chi connectivity index (χ0v) is 31.8. The molecule has 10 rings (SSSR count). The van der Waals surface area contributed by atoms with E-state index in [0.29, 0.717) is 0 Å². The molecule has 8 aromatic carbocycles. The molecule has 0 fully saturated rings. The van der Waals surface area contributed by atoms with Crippen LogP contribution in [-0.4, -0.2) is 0 Å². The van der Waals surface area contributed by atoms with Crippen molar-refractivity contribution in [3.63, 3.8) is 0 Å². The highest BCUT2D eigenvalue weighted by Gasteiger charge is 2.46. The molecular weight excluding hydrogens is 677 g/mol. The first kappa shape index (κ1) is 34.0. The molecule has 2 aliphatic carbocycles. The monoisotopic (exact) mass is 720 g/mol. The maximum atomic E-state index is 7.00. The fraction of sp³-hybridized carbons (Fsp3) is 0.111. The van der Waals surface area contributed by atoms with Gasteiger partial charge in [-0.05, 0) is 96.1 Å². The van der Waals surface area contributed by atoms with E-state index in [1.807, 2.05) is 6.07 Å². The van der Waals surface area contributed by atoms with Crippen molar-refractivity contribution >= 4 is 16.5 Å². The lowest BCUT2D eigenvalue weighted by Gasteiger charge is -2.34. The standard InChI is InChI=1S/C54H44N2/c1-53(2)47-28-16-26-44(51(47)45-34-38-19-12-13-20-39(38)35-48(45)53)50(56-52(55)37-17-6-3-7-18-37)32-30-36-29-31-43-42-25-14-15-27-46(42)54(49(43)33-36,40-21-8-4-9-22-40)41-23-10-5-11-24-41/h3-29,31-35,52,56H,30,55H2,1-2H3/b50-32-. The Morgan fingerprint density at radius 2 is 1.12 bits per heavy atom. The lowest BCUT2D eigenvalue weighted by molar-refractivity contribution is 0.659. The van der Waals surface area contributed by atoms with E-state index in [2.05, 4.69) is 207 Å². The van der Waals surface area contributed by atoms with Gasteiger partial charge in [0.2, 0.25) is 0 Å². The number of allylic oxidation sites excluding steroid dienone is 1. The maximum absolute atomic E-state index is 7.00. The number of rotatable bonds is 8. The van der Waals surface area contributed by atoms with Crippen molar-refractivity contribution in [3.05, 3.63) is 244 Å². The van der Waals surface area contributed by atoms with E-state index in [9.17, 15) is 0 Å². The Balaban J connectivity index is 1.14. The van der Waals surface area contributed by atoms with Crippen LogP contribution in [0, 0.1) is 0 Å². The summed E-state index contributed by atoms with van der Waals surface area (Å²) >= 11 is 0. The lowest BCUT2D eigenvalue weighted by Crippen LogP contribution is -2.28. The van der Waals surface area contributed by atoms with Gasteiger partial charge in [0.1, 0.15) is 6.17 Å². The highest BCUT2D eigenvalue weighted by Crippen LogP contribution is 2.56. The molecule has 0 aromatic heterocycles. The van der Waals surface area contributed by atoms with Crippen molar-refractivity contribution in [2.24, 2.45) is 5.73 Å².